The molecule has 0 atom stereocenters. The lowest BCUT2D eigenvalue weighted by atomic mass is 10.1. The Balaban J connectivity index is 1.36. The van der Waals surface area contributed by atoms with E-state index in [0.29, 0.717) is 23.1 Å². The third kappa shape index (κ3) is 5.75. The summed E-state index contributed by atoms with van der Waals surface area (Å²) in [6.45, 7) is 0.306. The molecule has 3 heterocycles. The molecule has 192 valence electrons. The van der Waals surface area contributed by atoms with Crippen molar-refractivity contribution in [3.8, 4) is 17.1 Å². The van der Waals surface area contributed by atoms with Gasteiger partial charge in [0.2, 0.25) is 5.89 Å². The van der Waals surface area contributed by atoms with E-state index in [2.05, 4.69) is 25.5 Å². The van der Waals surface area contributed by atoms with Gasteiger partial charge in [-0.15, -0.1) is 10.2 Å². The molecule has 0 aliphatic rings. The molecule has 0 spiro atoms. The Bertz CT molecular complexity index is 1540. The molecule has 0 aliphatic heterocycles. The van der Waals surface area contributed by atoms with E-state index in [1.807, 2.05) is 6.07 Å². The number of oxazole rings is 1. The molecule has 2 aromatic carbocycles. The SMILES string of the molecule is O=C(NCc1ccncc1)c1coc(CSc2nnc(-c3ccccc3)n2-c2cccc(C(F)(F)F)c2)n1. The molecule has 0 unspecified atom stereocenters. The number of aromatic nitrogens is 5. The quantitative estimate of drug-likeness (QED) is 0.259. The highest BCUT2D eigenvalue weighted by molar-refractivity contribution is 7.98. The second kappa shape index (κ2) is 10.9. The minimum absolute atomic E-state index is 0.110. The number of nitrogens with zero attached hydrogens (tertiary/aromatic N) is 5. The lowest BCUT2D eigenvalue weighted by Gasteiger charge is -2.13. The van der Waals surface area contributed by atoms with Gasteiger partial charge in [0.25, 0.3) is 5.91 Å². The fraction of sp³-hybridized carbons (Fsp3) is 0.115. The van der Waals surface area contributed by atoms with Crippen LogP contribution in [-0.2, 0) is 18.5 Å². The molecule has 0 radical (unpaired) electrons. The smallest absolute Gasteiger partial charge is 0.416 e. The van der Waals surface area contributed by atoms with E-state index in [1.165, 1.54) is 24.1 Å². The second-order valence-corrected chi connectivity index (χ2v) is 8.95. The average Bonchev–Trinajstić information content (AvgIpc) is 3.59. The van der Waals surface area contributed by atoms with Gasteiger partial charge in [0.15, 0.2) is 16.7 Å². The molecule has 5 rings (SSSR count). The first-order valence-electron chi connectivity index (χ1n) is 11.3. The molecular weight excluding hydrogens is 517 g/mol. The topological polar surface area (TPSA) is 98.7 Å². The van der Waals surface area contributed by atoms with Crippen LogP contribution in [0.25, 0.3) is 17.1 Å². The van der Waals surface area contributed by atoms with Crippen LogP contribution in [0.3, 0.4) is 0 Å². The molecule has 0 aliphatic carbocycles. The van der Waals surface area contributed by atoms with Crippen LogP contribution in [0, 0.1) is 0 Å². The van der Waals surface area contributed by atoms with Gasteiger partial charge < -0.3 is 9.73 Å². The zero-order valence-electron chi connectivity index (χ0n) is 19.6. The lowest BCUT2D eigenvalue weighted by Crippen LogP contribution is -2.23. The molecule has 0 saturated carbocycles. The van der Waals surface area contributed by atoms with Gasteiger partial charge in [-0.2, -0.15) is 13.2 Å². The van der Waals surface area contributed by atoms with Crippen LogP contribution in [0.2, 0.25) is 0 Å². The Hall–Kier alpha value is -4.45. The summed E-state index contributed by atoms with van der Waals surface area (Å²) >= 11 is 1.17. The summed E-state index contributed by atoms with van der Waals surface area (Å²) < 4.78 is 47.3. The Morgan fingerprint density at radius 1 is 1.00 bits per heavy atom. The van der Waals surface area contributed by atoms with E-state index in [-0.39, 0.29) is 23.0 Å². The van der Waals surface area contributed by atoms with Crippen LogP contribution < -0.4 is 5.32 Å². The number of alkyl halides is 3. The lowest BCUT2D eigenvalue weighted by molar-refractivity contribution is -0.137. The van der Waals surface area contributed by atoms with Crippen molar-refractivity contribution in [2.45, 2.75) is 23.6 Å². The third-order valence-electron chi connectivity index (χ3n) is 5.41. The van der Waals surface area contributed by atoms with Gasteiger partial charge >= 0.3 is 6.18 Å². The van der Waals surface area contributed by atoms with Crippen LogP contribution >= 0.6 is 11.8 Å². The number of thioether (sulfide) groups is 1. The Morgan fingerprint density at radius 2 is 1.79 bits per heavy atom. The summed E-state index contributed by atoms with van der Waals surface area (Å²) in [6, 6.07) is 17.6. The van der Waals surface area contributed by atoms with Crippen molar-refractivity contribution < 1.29 is 22.4 Å². The number of carbonyl (C=O) groups is 1. The molecule has 1 amide bonds. The maximum Gasteiger partial charge on any atom is 0.416 e. The molecule has 38 heavy (non-hydrogen) atoms. The van der Waals surface area contributed by atoms with Crippen LogP contribution in [-0.4, -0.2) is 30.6 Å². The molecule has 0 bridgehead atoms. The second-order valence-electron chi connectivity index (χ2n) is 8.01. The molecule has 8 nitrogen and oxygen atoms in total. The molecule has 5 aromatic rings. The maximum atomic E-state index is 13.4. The van der Waals surface area contributed by atoms with Crippen molar-refractivity contribution in [3.63, 3.8) is 0 Å². The highest BCUT2D eigenvalue weighted by atomic mass is 32.2. The van der Waals surface area contributed by atoms with Crippen LogP contribution in [0.1, 0.15) is 27.5 Å². The first kappa shape index (κ1) is 25.2. The van der Waals surface area contributed by atoms with Crippen molar-refractivity contribution in [2.24, 2.45) is 0 Å². The fourth-order valence-corrected chi connectivity index (χ4v) is 4.38. The van der Waals surface area contributed by atoms with Crippen molar-refractivity contribution in [2.75, 3.05) is 0 Å². The largest absolute Gasteiger partial charge is 0.447 e. The fourth-order valence-electron chi connectivity index (χ4n) is 3.57. The molecule has 0 fully saturated rings. The van der Waals surface area contributed by atoms with Crippen molar-refractivity contribution in [3.05, 3.63) is 108 Å². The summed E-state index contributed by atoms with van der Waals surface area (Å²) in [5, 5.41) is 11.6. The van der Waals surface area contributed by atoms with E-state index in [1.54, 1.807) is 59.4 Å². The first-order valence-corrected chi connectivity index (χ1v) is 12.3. The number of benzene rings is 2. The van der Waals surface area contributed by atoms with E-state index < -0.39 is 17.6 Å². The van der Waals surface area contributed by atoms with Gasteiger partial charge in [-0.1, -0.05) is 48.2 Å². The number of pyridine rings is 1. The average molecular weight is 537 g/mol. The number of halogens is 3. The normalized spacial score (nSPS) is 11.4. The van der Waals surface area contributed by atoms with E-state index >= 15 is 0 Å². The molecule has 3 aromatic heterocycles. The summed E-state index contributed by atoms with van der Waals surface area (Å²) in [7, 11) is 0. The minimum atomic E-state index is -4.50. The van der Waals surface area contributed by atoms with E-state index in [0.717, 1.165) is 17.7 Å². The maximum absolute atomic E-state index is 13.4. The number of hydrogen-bond donors (Lipinski definition) is 1. The molecule has 0 saturated heterocycles. The standard InChI is InChI=1S/C26H19F3N6O2S/c27-26(28,29)19-7-4-8-20(13-19)35-23(18-5-2-1-3-6-18)33-34-25(35)38-16-22-32-21(15-37-22)24(36)31-14-17-9-11-30-12-10-17/h1-13,15H,14,16H2,(H,31,36). The number of hydrogen-bond acceptors (Lipinski definition) is 7. The highest BCUT2D eigenvalue weighted by Crippen LogP contribution is 2.34. The van der Waals surface area contributed by atoms with Gasteiger partial charge in [0.05, 0.1) is 17.0 Å². The van der Waals surface area contributed by atoms with Gasteiger partial charge in [-0.3, -0.25) is 14.3 Å². The number of carbonyl (C=O) groups excluding carboxylic acids is 1. The van der Waals surface area contributed by atoms with E-state index in [4.69, 9.17) is 4.42 Å². The number of nitrogens with one attached hydrogen (secondary N) is 1. The van der Waals surface area contributed by atoms with Gasteiger partial charge in [0.1, 0.15) is 6.26 Å². The zero-order valence-corrected chi connectivity index (χ0v) is 20.4. The third-order valence-corrected chi connectivity index (χ3v) is 6.32. The predicted octanol–water partition coefficient (Wildman–Crippen LogP) is 5.56. The minimum Gasteiger partial charge on any atom is -0.447 e. The Labute approximate surface area is 219 Å². The van der Waals surface area contributed by atoms with Gasteiger partial charge in [-0.25, -0.2) is 4.98 Å². The van der Waals surface area contributed by atoms with Gasteiger partial charge in [0, 0.05) is 24.5 Å². The number of rotatable bonds is 8. The Morgan fingerprint density at radius 3 is 2.55 bits per heavy atom. The van der Waals surface area contributed by atoms with Crippen LogP contribution in [0.15, 0.2) is 95.0 Å². The van der Waals surface area contributed by atoms with Crippen molar-refractivity contribution in [1.82, 2.24) is 30.0 Å². The molecule has 12 heteroatoms. The predicted molar refractivity (Wildman–Crippen MR) is 133 cm³/mol. The summed E-state index contributed by atoms with van der Waals surface area (Å²) in [6.07, 6.45) is 0.0177. The number of amides is 1. The summed E-state index contributed by atoms with van der Waals surface area (Å²) in [5.41, 5.74) is 1.16. The highest BCUT2D eigenvalue weighted by Gasteiger charge is 2.31. The summed E-state index contributed by atoms with van der Waals surface area (Å²) in [4.78, 5) is 20.6. The van der Waals surface area contributed by atoms with Gasteiger partial charge in [-0.05, 0) is 35.9 Å². The monoisotopic (exact) mass is 536 g/mol. The van der Waals surface area contributed by atoms with Crippen molar-refractivity contribution >= 4 is 17.7 Å². The zero-order chi connectivity index (χ0) is 26.5. The molecule has 1 N–H and O–H groups in total. The van der Waals surface area contributed by atoms with Crippen LogP contribution in [0.5, 0.6) is 0 Å². The molecular formula is C26H19F3N6O2S. The summed E-state index contributed by atoms with van der Waals surface area (Å²) in [5.74, 6) is 0.406. The first-order chi connectivity index (χ1) is 18.4. The Kier molecular flexibility index (Phi) is 7.22. The van der Waals surface area contributed by atoms with E-state index in [9.17, 15) is 18.0 Å². The van der Waals surface area contributed by atoms with Crippen molar-refractivity contribution in [1.29, 1.82) is 0 Å². The van der Waals surface area contributed by atoms with Crippen LogP contribution in [0.4, 0.5) is 13.2 Å².